The molecule has 2 unspecified atom stereocenters. The van der Waals surface area contributed by atoms with E-state index in [4.69, 9.17) is 23.2 Å². The number of halogens is 2. The van der Waals surface area contributed by atoms with Crippen LogP contribution >= 0.6 is 23.2 Å². The van der Waals surface area contributed by atoms with Gasteiger partial charge in [0.05, 0.1) is 22.3 Å². The molecule has 1 aliphatic rings. The van der Waals surface area contributed by atoms with E-state index in [0.29, 0.717) is 22.4 Å². The van der Waals surface area contributed by atoms with Gasteiger partial charge < -0.3 is 5.32 Å². The van der Waals surface area contributed by atoms with Crippen LogP contribution in [0.3, 0.4) is 0 Å². The molecule has 1 aliphatic heterocycles. The molecule has 1 aromatic heterocycles. The van der Waals surface area contributed by atoms with Gasteiger partial charge in [0.1, 0.15) is 5.92 Å². The highest BCUT2D eigenvalue weighted by Crippen LogP contribution is 2.40. The maximum Gasteiger partial charge on any atom is 0.231 e. The van der Waals surface area contributed by atoms with Crippen LogP contribution in [-0.2, 0) is 11.2 Å². The maximum absolute atomic E-state index is 13.2. The lowest BCUT2D eigenvalue weighted by atomic mass is 9.87. The summed E-state index contributed by atoms with van der Waals surface area (Å²) in [6.45, 7) is 2.40. The first-order valence-electron chi connectivity index (χ1n) is 9.40. The minimum absolute atomic E-state index is 0.107. The van der Waals surface area contributed by atoms with Crippen LogP contribution in [0.5, 0.6) is 0 Å². The van der Waals surface area contributed by atoms with Gasteiger partial charge in [0.2, 0.25) is 5.91 Å². The topological polar surface area (TPSA) is 59.3 Å². The lowest BCUT2D eigenvalue weighted by Crippen LogP contribution is -2.43. The second-order valence-electron chi connectivity index (χ2n) is 6.98. The fourth-order valence-electron chi connectivity index (χ4n) is 3.71. The first-order valence-corrected chi connectivity index (χ1v) is 10.2. The summed E-state index contributed by atoms with van der Waals surface area (Å²) in [5, 5.41) is 8.33. The van der Waals surface area contributed by atoms with Gasteiger partial charge in [-0.05, 0) is 30.5 Å². The van der Waals surface area contributed by atoms with Gasteiger partial charge in [-0.25, -0.2) is 9.67 Å². The Labute approximate surface area is 179 Å². The van der Waals surface area contributed by atoms with Gasteiger partial charge in [-0.1, -0.05) is 65.7 Å². The van der Waals surface area contributed by atoms with Crippen molar-refractivity contribution < 1.29 is 4.79 Å². The number of fused-ring (bicyclic) bond motifs is 1. The van der Waals surface area contributed by atoms with Crippen molar-refractivity contribution >= 4 is 40.6 Å². The summed E-state index contributed by atoms with van der Waals surface area (Å²) in [7, 11) is 0. The smallest absolute Gasteiger partial charge is 0.231 e. The number of aliphatic imine (C=N–C) groups is 1. The molecule has 148 valence electrons. The highest BCUT2D eigenvalue weighted by Gasteiger charge is 2.39. The van der Waals surface area contributed by atoms with E-state index in [2.05, 4.69) is 15.4 Å². The van der Waals surface area contributed by atoms with E-state index < -0.39 is 12.0 Å². The Morgan fingerprint density at radius 1 is 1.10 bits per heavy atom. The van der Waals surface area contributed by atoms with Gasteiger partial charge >= 0.3 is 0 Å². The third-order valence-corrected chi connectivity index (χ3v) is 5.94. The summed E-state index contributed by atoms with van der Waals surface area (Å²) in [5.74, 6) is 0.0513. The Morgan fingerprint density at radius 2 is 1.90 bits per heavy atom. The number of aromatic nitrogens is 2. The van der Waals surface area contributed by atoms with E-state index in [1.54, 1.807) is 16.9 Å². The quantitative estimate of drug-likeness (QED) is 0.632. The summed E-state index contributed by atoms with van der Waals surface area (Å²) in [4.78, 5) is 17.8. The van der Waals surface area contributed by atoms with Gasteiger partial charge in [0.15, 0.2) is 5.82 Å². The minimum atomic E-state index is -0.533. The molecule has 0 saturated heterocycles. The van der Waals surface area contributed by atoms with E-state index >= 15 is 0 Å². The zero-order valence-electron chi connectivity index (χ0n) is 15.8. The number of carbonyl (C=O) groups excluding carboxylic acids is 1. The molecule has 7 heteroatoms. The SMILES string of the molecule is CC1=Nc2ccnn2C(c2cccc(Cl)c2Cl)C1C(=O)NCCc1ccccc1. The number of carbonyl (C=O) groups is 1. The zero-order chi connectivity index (χ0) is 20.4. The lowest BCUT2D eigenvalue weighted by Gasteiger charge is -2.31. The van der Waals surface area contributed by atoms with Gasteiger partial charge in [-0.3, -0.25) is 4.79 Å². The average Bonchev–Trinajstić information content (AvgIpc) is 3.18. The minimum Gasteiger partial charge on any atom is -0.355 e. The molecule has 2 heterocycles. The molecule has 1 amide bonds. The number of hydrogen-bond donors (Lipinski definition) is 1. The third-order valence-electron chi connectivity index (χ3n) is 5.11. The molecule has 29 heavy (non-hydrogen) atoms. The van der Waals surface area contributed by atoms with E-state index in [9.17, 15) is 4.79 Å². The van der Waals surface area contributed by atoms with E-state index in [1.165, 1.54) is 5.56 Å². The van der Waals surface area contributed by atoms with Crippen molar-refractivity contribution in [1.29, 1.82) is 0 Å². The number of rotatable bonds is 5. The number of hydrogen-bond acceptors (Lipinski definition) is 3. The predicted molar refractivity (Wildman–Crippen MR) is 116 cm³/mol. The standard InChI is InChI=1S/C22H20Cl2N4O/c1-14-19(22(29)25-12-10-15-6-3-2-4-7-15)21(28-18(27-14)11-13-26-28)16-8-5-9-17(23)20(16)24/h2-9,11,13,19,21H,10,12H2,1H3,(H,25,29). The molecular formula is C22H20Cl2N4O. The first-order chi connectivity index (χ1) is 14.1. The molecule has 2 atom stereocenters. The Hall–Kier alpha value is -2.63. The van der Waals surface area contributed by atoms with Gasteiger partial charge in [0.25, 0.3) is 0 Å². The Bertz CT molecular complexity index is 1060. The third kappa shape index (κ3) is 3.93. The normalized spacial score (nSPS) is 18.1. The molecule has 4 rings (SSSR count). The summed E-state index contributed by atoms with van der Waals surface area (Å²) >= 11 is 12.8. The lowest BCUT2D eigenvalue weighted by molar-refractivity contribution is -0.123. The summed E-state index contributed by atoms with van der Waals surface area (Å²) in [6.07, 6.45) is 2.43. The fourth-order valence-corrected chi connectivity index (χ4v) is 4.13. The highest BCUT2D eigenvalue weighted by molar-refractivity contribution is 6.42. The predicted octanol–water partition coefficient (Wildman–Crippen LogP) is 4.86. The van der Waals surface area contributed by atoms with Gasteiger partial charge in [0, 0.05) is 18.3 Å². The van der Waals surface area contributed by atoms with Crippen molar-refractivity contribution in [3.63, 3.8) is 0 Å². The molecule has 0 radical (unpaired) electrons. The largest absolute Gasteiger partial charge is 0.355 e. The molecular weight excluding hydrogens is 407 g/mol. The van der Waals surface area contributed by atoms with Crippen LogP contribution in [0.15, 0.2) is 65.8 Å². The zero-order valence-corrected chi connectivity index (χ0v) is 17.4. The van der Waals surface area contributed by atoms with Crippen LogP contribution < -0.4 is 5.32 Å². The maximum atomic E-state index is 13.2. The number of nitrogens with zero attached hydrogens (tertiary/aromatic N) is 3. The van der Waals surface area contributed by atoms with Crippen LogP contribution in [0.25, 0.3) is 0 Å². The first kappa shape index (κ1) is 19.7. The summed E-state index contributed by atoms with van der Waals surface area (Å²) in [6, 6.07) is 16.9. The molecule has 0 bridgehead atoms. The molecule has 5 nitrogen and oxygen atoms in total. The molecule has 2 aromatic carbocycles. The highest BCUT2D eigenvalue weighted by atomic mass is 35.5. The van der Waals surface area contributed by atoms with Crippen molar-refractivity contribution in [1.82, 2.24) is 15.1 Å². The average molecular weight is 427 g/mol. The molecule has 0 spiro atoms. The second kappa shape index (κ2) is 8.39. The molecule has 0 aliphatic carbocycles. The van der Waals surface area contributed by atoms with Crippen molar-refractivity contribution in [3.05, 3.63) is 82.0 Å². The molecule has 0 saturated carbocycles. The summed E-state index contributed by atoms with van der Waals surface area (Å²) in [5.41, 5.74) is 2.64. The van der Waals surface area contributed by atoms with E-state index in [1.807, 2.05) is 55.5 Å². The van der Waals surface area contributed by atoms with Crippen LogP contribution in [0.4, 0.5) is 5.82 Å². The summed E-state index contributed by atoms with van der Waals surface area (Å²) < 4.78 is 1.74. The number of benzene rings is 2. The Balaban J connectivity index is 1.62. The van der Waals surface area contributed by atoms with E-state index in [-0.39, 0.29) is 5.91 Å². The van der Waals surface area contributed by atoms with Crippen molar-refractivity contribution in [2.75, 3.05) is 6.54 Å². The number of amides is 1. The Kier molecular flexibility index (Phi) is 5.69. The van der Waals surface area contributed by atoms with Crippen molar-refractivity contribution in [2.24, 2.45) is 10.9 Å². The van der Waals surface area contributed by atoms with Gasteiger partial charge in [-0.2, -0.15) is 5.10 Å². The van der Waals surface area contributed by atoms with Crippen molar-refractivity contribution in [3.8, 4) is 0 Å². The monoisotopic (exact) mass is 426 g/mol. The molecule has 1 N–H and O–H groups in total. The van der Waals surface area contributed by atoms with Crippen LogP contribution in [-0.4, -0.2) is 27.9 Å². The van der Waals surface area contributed by atoms with Crippen molar-refractivity contribution in [2.45, 2.75) is 19.4 Å². The van der Waals surface area contributed by atoms with E-state index in [0.717, 1.165) is 17.7 Å². The fraction of sp³-hybridized carbons (Fsp3) is 0.227. The molecule has 0 fully saturated rings. The number of nitrogens with one attached hydrogen (secondary N) is 1. The van der Waals surface area contributed by atoms with Gasteiger partial charge in [-0.15, -0.1) is 0 Å². The molecule has 3 aromatic rings. The Morgan fingerprint density at radius 3 is 2.69 bits per heavy atom. The van der Waals surface area contributed by atoms with Crippen LogP contribution in [0.2, 0.25) is 10.0 Å². The van der Waals surface area contributed by atoms with Crippen LogP contribution in [0.1, 0.15) is 24.1 Å². The second-order valence-corrected chi connectivity index (χ2v) is 7.76. The van der Waals surface area contributed by atoms with Crippen LogP contribution in [0, 0.1) is 5.92 Å².